The molecule has 0 saturated heterocycles. The molecule has 0 aromatic carbocycles. The molecular weight excluding hydrogens is 254 g/mol. The summed E-state index contributed by atoms with van der Waals surface area (Å²) >= 11 is 0. The summed E-state index contributed by atoms with van der Waals surface area (Å²) in [6, 6.07) is 0.282. The minimum Gasteiger partial charge on any atom is -0.383 e. The maximum atomic E-state index is 5.55. The van der Waals surface area contributed by atoms with E-state index >= 15 is 0 Å². The van der Waals surface area contributed by atoms with Crippen LogP contribution in [0.4, 0.5) is 5.95 Å². The molecule has 0 aliphatic heterocycles. The summed E-state index contributed by atoms with van der Waals surface area (Å²) in [4.78, 5) is 4.52. The predicted molar refractivity (Wildman–Crippen MR) is 82.4 cm³/mol. The van der Waals surface area contributed by atoms with Gasteiger partial charge in [0, 0.05) is 33.1 Å². The third kappa shape index (κ3) is 5.92. The molecule has 1 rings (SSSR count). The molecule has 0 amide bonds. The topological polar surface area (TPSA) is 48.3 Å². The first-order chi connectivity index (χ1) is 9.69. The Balaban J connectivity index is 2.32. The van der Waals surface area contributed by atoms with Gasteiger partial charge < -0.3 is 19.4 Å². The summed E-state index contributed by atoms with van der Waals surface area (Å²) in [5.41, 5.74) is 1.02. The molecule has 1 aromatic rings. The van der Waals surface area contributed by atoms with Crippen LogP contribution in [0.2, 0.25) is 0 Å². The van der Waals surface area contributed by atoms with Crippen molar-refractivity contribution in [3.05, 3.63) is 11.9 Å². The van der Waals surface area contributed by atoms with Crippen molar-refractivity contribution in [3.8, 4) is 0 Å². The van der Waals surface area contributed by atoms with Crippen LogP contribution in [0.25, 0.3) is 0 Å². The summed E-state index contributed by atoms with van der Waals surface area (Å²) in [6.07, 6.45) is 5.38. The predicted octanol–water partition coefficient (Wildman–Crippen LogP) is 3.02. The zero-order valence-corrected chi connectivity index (χ0v) is 13.3. The second-order valence-corrected chi connectivity index (χ2v) is 5.16. The monoisotopic (exact) mass is 283 g/mol. The highest BCUT2D eigenvalue weighted by molar-refractivity contribution is 5.29. The fourth-order valence-electron chi connectivity index (χ4n) is 2.03. The van der Waals surface area contributed by atoms with E-state index in [2.05, 4.69) is 34.9 Å². The van der Waals surface area contributed by atoms with E-state index in [1.54, 1.807) is 7.11 Å². The highest BCUT2D eigenvalue weighted by Crippen LogP contribution is 2.16. The Morgan fingerprint density at radius 3 is 2.80 bits per heavy atom. The standard InChI is InChI=1S/C15H29N3O2/c1-5-6-9-20-10-7-8-16-15-17-13(2)11-18(15)14(3)12-19-4/h11,14H,5-10,12H2,1-4H3,(H,16,17). The summed E-state index contributed by atoms with van der Waals surface area (Å²) in [5, 5.41) is 3.38. The molecule has 5 heteroatoms. The number of aromatic nitrogens is 2. The Labute approximate surface area is 122 Å². The van der Waals surface area contributed by atoms with Gasteiger partial charge in [-0.15, -0.1) is 0 Å². The van der Waals surface area contributed by atoms with Gasteiger partial charge in [0.15, 0.2) is 0 Å². The lowest BCUT2D eigenvalue weighted by Gasteiger charge is -2.16. The number of methoxy groups -OCH3 is 1. The van der Waals surface area contributed by atoms with E-state index in [9.17, 15) is 0 Å². The van der Waals surface area contributed by atoms with Gasteiger partial charge in [-0.3, -0.25) is 0 Å². The van der Waals surface area contributed by atoms with Gasteiger partial charge in [0.2, 0.25) is 5.95 Å². The number of unbranched alkanes of at least 4 members (excludes halogenated alkanes) is 1. The van der Waals surface area contributed by atoms with E-state index in [0.717, 1.165) is 44.2 Å². The van der Waals surface area contributed by atoms with Gasteiger partial charge in [0.25, 0.3) is 0 Å². The molecule has 0 aliphatic rings. The molecule has 0 fully saturated rings. The molecule has 1 aromatic heterocycles. The zero-order valence-electron chi connectivity index (χ0n) is 13.3. The molecule has 0 saturated carbocycles. The van der Waals surface area contributed by atoms with Crippen LogP contribution in [-0.4, -0.2) is 43.0 Å². The minimum absolute atomic E-state index is 0.282. The number of aryl methyl sites for hydroxylation is 1. The van der Waals surface area contributed by atoms with Gasteiger partial charge in [-0.25, -0.2) is 4.98 Å². The maximum Gasteiger partial charge on any atom is 0.203 e. The van der Waals surface area contributed by atoms with E-state index < -0.39 is 0 Å². The van der Waals surface area contributed by atoms with E-state index in [4.69, 9.17) is 9.47 Å². The Kier molecular flexibility index (Phi) is 8.30. The number of imidazole rings is 1. The number of nitrogens with zero attached hydrogens (tertiary/aromatic N) is 2. The first kappa shape index (κ1) is 17.0. The number of rotatable bonds is 11. The molecule has 116 valence electrons. The lowest BCUT2D eigenvalue weighted by Crippen LogP contribution is -2.15. The van der Waals surface area contributed by atoms with E-state index in [-0.39, 0.29) is 6.04 Å². The molecule has 1 atom stereocenters. The third-order valence-electron chi connectivity index (χ3n) is 3.13. The second kappa shape index (κ2) is 9.77. The van der Waals surface area contributed by atoms with Crippen LogP contribution >= 0.6 is 0 Å². The summed E-state index contributed by atoms with van der Waals surface area (Å²) in [5.74, 6) is 0.917. The first-order valence-corrected chi connectivity index (χ1v) is 7.55. The molecule has 0 bridgehead atoms. The van der Waals surface area contributed by atoms with Crippen molar-refractivity contribution in [1.82, 2.24) is 9.55 Å². The van der Waals surface area contributed by atoms with Gasteiger partial charge >= 0.3 is 0 Å². The van der Waals surface area contributed by atoms with Gasteiger partial charge in [-0.05, 0) is 26.7 Å². The van der Waals surface area contributed by atoms with Gasteiger partial charge in [0.05, 0.1) is 18.3 Å². The Bertz CT molecular complexity index is 366. The Morgan fingerprint density at radius 2 is 2.10 bits per heavy atom. The molecule has 0 spiro atoms. The van der Waals surface area contributed by atoms with Crippen molar-refractivity contribution in [2.75, 3.05) is 38.8 Å². The molecule has 5 nitrogen and oxygen atoms in total. The first-order valence-electron chi connectivity index (χ1n) is 7.55. The largest absolute Gasteiger partial charge is 0.383 e. The highest BCUT2D eigenvalue weighted by Gasteiger charge is 2.11. The quantitative estimate of drug-likeness (QED) is 0.634. The average Bonchev–Trinajstić information content (AvgIpc) is 2.79. The average molecular weight is 283 g/mol. The van der Waals surface area contributed by atoms with E-state index in [1.807, 2.05) is 6.92 Å². The van der Waals surface area contributed by atoms with Crippen LogP contribution in [-0.2, 0) is 9.47 Å². The number of hydrogen-bond donors (Lipinski definition) is 1. The highest BCUT2D eigenvalue weighted by atomic mass is 16.5. The van der Waals surface area contributed by atoms with Crippen molar-refractivity contribution >= 4 is 5.95 Å². The number of nitrogens with one attached hydrogen (secondary N) is 1. The number of hydrogen-bond acceptors (Lipinski definition) is 4. The molecular formula is C15H29N3O2. The molecule has 1 unspecified atom stereocenters. The molecule has 0 radical (unpaired) electrons. The maximum absolute atomic E-state index is 5.55. The van der Waals surface area contributed by atoms with Crippen molar-refractivity contribution in [2.24, 2.45) is 0 Å². The summed E-state index contributed by atoms with van der Waals surface area (Å²) in [6.45, 7) is 9.55. The minimum atomic E-state index is 0.282. The fourth-order valence-corrected chi connectivity index (χ4v) is 2.03. The second-order valence-electron chi connectivity index (χ2n) is 5.16. The van der Waals surface area contributed by atoms with Crippen molar-refractivity contribution in [3.63, 3.8) is 0 Å². The third-order valence-corrected chi connectivity index (χ3v) is 3.13. The van der Waals surface area contributed by atoms with E-state index in [0.29, 0.717) is 6.61 Å². The van der Waals surface area contributed by atoms with Crippen LogP contribution in [0.1, 0.15) is 44.8 Å². The van der Waals surface area contributed by atoms with Gasteiger partial charge in [-0.2, -0.15) is 0 Å². The molecule has 20 heavy (non-hydrogen) atoms. The molecule has 1 heterocycles. The zero-order chi connectivity index (χ0) is 14.8. The summed E-state index contributed by atoms with van der Waals surface area (Å²) < 4.78 is 12.9. The van der Waals surface area contributed by atoms with Crippen molar-refractivity contribution in [1.29, 1.82) is 0 Å². The fraction of sp³-hybridized carbons (Fsp3) is 0.800. The van der Waals surface area contributed by atoms with Gasteiger partial charge in [0.1, 0.15) is 0 Å². The normalized spacial score (nSPS) is 12.6. The smallest absolute Gasteiger partial charge is 0.203 e. The van der Waals surface area contributed by atoms with Crippen LogP contribution in [0.3, 0.4) is 0 Å². The Morgan fingerprint density at radius 1 is 1.35 bits per heavy atom. The SMILES string of the molecule is CCCCOCCCNc1nc(C)cn1C(C)COC. The Hall–Kier alpha value is -1.07. The number of anilines is 1. The molecule has 1 N–H and O–H groups in total. The van der Waals surface area contributed by atoms with Crippen LogP contribution in [0.15, 0.2) is 6.20 Å². The molecule has 0 aliphatic carbocycles. The summed E-state index contributed by atoms with van der Waals surface area (Å²) in [7, 11) is 1.72. The van der Waals surface area contributed by atoms with Crippen LogP contribution < -0.4 is 5.32 Å². The lowest BCUT2D eigenvalue weighted by atomic mass is 10.3. The van der Waals surface area contributed by atoms with Gasteiger partial charge in [-0.1, -0.05) is 13.3 Å². The van der Waals surface area contributed by atoms with Crippen LogP contribution in [0.5, 0.6) is 0 Å². The number of ether oxygens (including phenoxy) is 2. The van der Waals surface area contributed by atoms with Crippen molar-refractivity contribution < 1.29 is 9.47 Å². The lowest BCUT2D eigenvalue weighted by molar-refractivity contribution is 0.131. The van der Waals surface area contributed by atoms with E-state index in [1.165, 1.54) is 6.42 Å². The van der Waals surface area contributed by atoms with Crippen LogP contribution in [0, 0.1) is 6.92 Å². The van der Waals surface area contributed by atoms with Crippen molar-refractivity contribution in [2.45, 2.75) is 46.1 Å².